The Labute approximate surface area is 126 Å². The van der Waals surface area contributed by atoms with Crippen LogP contribution in [0.5, 0.6) is 0 Å². The molecule has 1 unspecified atom stereocenters. The van der Waals surface area contributed by atoms with E-state index in [2.05, 4.69) is 21.9 Å². The zero-order chi connectivity index (χ0) is 13.9. The molecule has 1 aromatic carbocycles. The van der Waals surface area contributed by atoms with Crippen molar-refractivity contribution in [2.24, 2.45) is 11.7 Å². The van der Waals surface area contributed by atoms with Gasteiger partial charge in [-0.1, -0.05) is 18.0 Å². The average Bonchev–Trinajstić information content (AvgIpc) is 2.44. The van der Waals surface area contributed by atoms with Crippen molar-refractivity contribution in [3.05, 3.63) is 29.3 Å². The Hall–Kier alpha value is -0.770. The number of hydrogen-bond acceptors (Lipinski definition) is 3. The van der Waals surface area contributed by atoms with Gasteiger partial charge in [-0.15, -0.1) is 0 Å². The maximum atomic E-state index is 6.01. The van der Waals surface area contributed by atoms with Crippen molar-refractivity contribution in [2.75, 3.05) is 37.6 Å². The molecule has 1 aliphatic heterocycles. The van der Waals surface area contributed by atoms with Crippen molar-refractivity contribution in [1.29, 1.82) is 0 Å². The third-order valence-electron chi connectivity index (χ3n) is 4.91. The van der Waals surface area contributed by atoms with Crippen molar-refractivity contribution in [2.45, 2.75) is 25.3 Å². The average molecular weight is 294 g/mol. The molecule has 0 bridgehead atoms. The van der Waals surface area contributed by atoms with Crippen LogP contribution in [0.2, 0.25) is 5.02 Å². The Bertz CT molecular complexity index is 422. The summed E-state index contributed by atoms with van der Waals surface area (Å²) in [4.78, 5) is 5.05. The summed E-state index contributed by atoms with van der Waals surface area (Å²) in [6.45, 7) is 5.24. The van der Waals surface area contributed by atoms with Gasteiger partial charge in [0, 0.05) is 49.5 Å². The molecule has 2 fully saturated rings. The quantitative estimate of drug-likeness (QED) is 0.926. The van der Waals surface area contributed by atoms with Crippen LogP contribution in [0.1, 0.15) is 19.3 Å². The standard InChI is InChI=1S/C16H24ClN3/c17-14-4-6-15(7-5-14)19-8-10-20(11-9-19)16(12-18)13-2-1-3-13/h4-7,13,16H,1-3,8-12,18H2. The van der Waals surface area contributed by atoms with E-state index in [1.165, 1.54) is 24.9 Å². The van der Waals surface area contributed by atoms with E-state index in [9.17, 15) is 0 Å². The largest absolute Gasteiger partial charge is 0.369 e. The first-order valence-corrected chi connectivity index (χ1v) is 8.10. The Morgan fingerprint density at radius 3 is 2.25 bits per heavy atom. The van der Waals surface area contributed by atoms with Gasteiger partial charge in [-0.3, -0.25) is 4.90 Å². The summed E-state index contributed by atoms with van der Waals surface area (Å²) in [6.07, 6.45) is 4.14. The number of halogens is 1. The first-order chi connectivity index (χ1) is 9.78. The van der Waals surface area contributed by atoms with Gasteiger partial charge < -0.3 is 10.6 Å². The highest BCUT2D eigenvalue weighted by Gasteiger charge is 2.32. The lowest BCUT2D eigenvalue weighted by molar-refractivity contribution is 0.0951. The first kappa shape index (κ1) is 14.2. The van der Waals surface area contributed by atoms with Gasteiger partial charge in [-0.25, -0.2) is 0 Å². The molecule has 1 saturated carbocycles. The number of hydrogen-bond donors (Lipinski definition) is 1. The van der Waals surface area contributed by atoms with Crippen LogP contribution in [-0.2, 0) is 0 Å². The van der Waals surface area contributed by atoms with Gasteiger partial charge in [-0.2, -0.15) is 0 Å². The Morgan fingerprint density at radius 2 is 1.75 bits per heavy atom. The third kappa shape index (κ3) is 2.95. The van der Waals surface area contributed by atoms with Gasteiger partial charge in [0.15, 0.2) is 0 Å². The van der Waals surface area contributed by atoms with Crippen LogP contribution in [0.4, 0.5) is 5.69 Å². The van der Waals surface area contributed by atoms with Crippen molar-refractivity contribution in [1.82, 2.24) is 4.90 Å². The van der Waals surface area contributed by atoms with Crippen molar-refractivity contribution in [3.63, 3.8) is 0 Å². The summed E-state index contributed by atoms with van der Waals surface area (Å²) >= 11 is 5.95. The van der Waals surface area contributed by atoms with Crippen LogP contribution in [0.3, 0.4) is 0 Å². The number of piperazine rings is 1. The minimum atomic E-state index is 0.608. The van der Waals surface area contributed by atoms with Crippen LogP contribution < -0.4 is 10.6 Å². The Morgan fingerprint density at radius 1 is 1.10 bits per heavy atom. The molecule has 1 atom stereocenters. The highest BCUT2D eigenvalue weighted by Crippen LogP contribution is 2.32. The van der Waals surface area contributed by atoms with E-state index < -0.39 is 0 Å². The van der Waals surface area contributed by atoms with Gasteiger partial charge in [0.1, 0.15) is 0 Å². The van der Waals surface area contributed by atoms with E-state index in [4.69, 9.17) is 17.3 Å². The maximum Gasteiger partial charge on any atom is 0.0407 e. The molecule has 1 saturated heterocycles. The van der Waals surface area contributed by atoms with Crippen molar-refractivity contribution < 1.29 is 0 Å². The molecule has 3 rings (SSSR count). The highest BCUT2D eigenvalue weighted by atomic mass is 35.5. The summed E-state index contributed by atoms with van der Waals surface area (Å²) in [5.41, 5.74) is 7.29. The van der Waals surface area contributed by atoms with Crippen molar-refractivity contribution in [3.8, 4) is 0 Å². The second-order valence-corrected chi connectivity index (χ2v) is 6.43. The Balaban J connectivity index is 1.57. The molecule has 0 radical (unpaired) electrons. The van der Waals surface area contributed by atoms with Gasteiger partial charge in [0.25, 0.3) is 0 Å². The molecule has 110 valence electrons. The lowest BCUT2D eigenvalue weighted by atomic mass is 9.79. The van der Waals surface area contributed by atoms with Crippen LogP contribution in [-0.4, -0.2) is 43.7 Å². The number of nitrogens with zero attached hydrogens (tertiary/aromatic N) is 2. The summed E-state index contributed by atoms with van der Waals surface area (Å²) in [5, 5.41) is 0.806. The second-order valence-electron chi connectivity index (χ2n) is 5.99. The highest BCUT2D eigenvalue weighted by molar-refractivity contribution is 6.30. The number of rotatable bonds is 4. The van der Waals surface area contributed by atoms with Crippen molar-refractivity contribution >= 4 is 17.3 Å². The molecule has 4 heteroatoms. The molecule has 0 amide bonds. The van der Waals surface area contributed by atoms with Gasteiger partial charge in [-0.05, 0) is 43.0 Å². The first-order valence-electron chi connectivity index (χ1n) is 7.72. The van der Waals surface area contributed by atoms with E-state index >= 15 is 0 Å². The fourth-order valence-corrected chi connectivity index (χ4v) is 3.55. The van der Waals surface area contributed by atoms with E-state index in [-0.39, 0.29) is 0 Å². The van der Waals surface area contributed by atoms with Gasteiger partial charge >= 0.3 is 0 Å². The molecule has 1 aliphatic carbocycles. The summed E-state index contributed by atoms with van der Waals surface area (Å²) in [7, 11) is 0. The number of anilines is 1. The SMILES string of the molecule is NCC(C1CCC1)N1CCN(c2ccc(Cl)cc2)CC1. The maximum absolute atomic E-state index is 6.01. The molecule has 0 spiro atoms. The molecule has 3 nitrogen and oxygen atoms in total. The molecule has 2 N–H and O–H groups in total. The molecular weight excluding hydrogens is 270 g/mol. The normalized spacial score (nSPS) is 22.6. The Kier molecular flexibility index (Phi) is 4.49. The van der Waals surface area contributed by atoms with Crippen LogP contribution in [0.25, 0.3) is 0 Å². The molecular formula is C16H24ClN3. The zero-order valence-electron chi connectivity index (χ0n) is 12.0. The molecule has 1 heterocycles. The number of benzene rings is 1. The molecule has 20 heavy (non-hydrogen) atoms. The van der Waals surface area contributed by atoms with E-state index in [1.54, 1.807) is 0 Å². The van der Waals surface area contributed by atoms with E-state index in [1.807, 2.05) is 12.1 Å². The summed E-state index contributed by atoms with van der Waals surface area (Å²) < 4.78 is 0. The monoisotopic (exact) mass is 293 g/mol. The van der Waals surface area contributed by atoms with Gasteiger partial charge in [0.05, 0.1) is 0 Å². The second kappa shape index (κ2) is 6.33. The molecule has 0 aromatic heterocycles. The molecule has 2 aliphatic rings. The van der Waals surface area contributed by atoms with Crippen LogP contribution in [0.15, 0.2) is 24.3 Å². The van der Waals surface area contributed by atoms with Crippen LogP contribution >= 0.6 is 11.6 Å². The predicted octanol–water partition coefficient (Wildman–Crippen LogP) is 2.59. The zero-order valence-corrected chi connectivity index (χ0v) is 12.7. The fraction of sp³-hybridized carbons (Fsp3) is 0.625. The topological polar surface area (TPSA) is 32.5 Å². The fourth-order valence-electron chi connectivity index (χ4n) is 3.43. The summed E-state index contributed by atoms with van der Waals surface area (Å²) in [5.74, 6) is 0.849. The minimum absolute atomic E-state index is 0.608. The van der Waals surface area contributed by atoms with E-state index in [0.29, 0.717) is 6.04 Å². The van der Waals surface area contributed by atoms with E-state index in [0.717, 1.165) is 43.7 Å². The lowest BCUT2D eigenvalue weighted by Gasteiger charge is -2.45. The lowest BCUT2D eigenvalue weighted by Crippen LogP contribution is -2.55. The predicted molar refractivity (Wildman–Crippen MR) is 85.4 cm³/mol. The third-order valence-corrected chi connectivity index (χ3v) is 5.16. The van der Waals surface area contributed by atoms with Crippen LogP contribution in [0, 0.1) is 5.92 Å². The van der Waals surface area contributed by atoms with Gasteiger partial charge in [0.2, 0.25) is 0 Å². The number of nitrogens with two attached hydrogens (primary N) is 1. The minimum Gasteiger partial charge on any atom is -0.369 e. The smallest absolute Gasteiger partial charge is 0.0407 e. The summed E-state index contributed by atoms with van der Waals surface area (Å²) in [6, 6.07) is 8.78. The molecule has 1 aromatic rings.